The molecule has 2 aromatic rings. The second-order valence-electron chi connectivity index (χ2n) is 2.92. The van der Waals surface area contributed by atoms with E-state index in [1.165, 1.54) is 14.0 Å². The van der Waals surface area contributed by atoms with Crippen LogP contribution in [0.3, 0.4) is 0 Å². The maximum Gasteiger partial charge on any atom is 0.0649 e. The summed E-state index contributed by atoms with van der Waals surface area (Å²) in [4.78, 5) is 2.58. The maximum atomic E-state index is 5.81. The zero-order valence-corrected chi connectivity index (χ0v) is 14.0. The fourth-order valence-electron chi connectivity index (χ4n) is 1.09. The van der Waals surface area contributed by atoms with Crippen LogP contribution >= 0.6 is 34.7 Å². The van der Waals surface area contributed by atoms with Gasteiger partial charge in [-0.15, -0.1) is 11.3 Å². The lowest BCUT2D eigenvalue weighted by Crippen LogP contribution is -1.68. The predicted molar refractivity (Wildman–Crippen MR) is 87.3 cm³/mol. The summed E-state index contributed by atoms with van der Waals surface area (Å²) < 4.78 is 1.32. The molecule has 3 heteroatoms. The van der Waals surface area contributed by atoms with E-state index in [4.69, 9.17) is 11.6 Å². The predicted octanol–water partition coefficient (Wildman–Crippen LogP) is 6.91. The van der Waals surface area contributed by atoms with Crippen LogP contribution in [-0.2, 0) is 0 Å². The molecule has 0 bridgehead atoms. The van der Waals surface area contributed by atoms with Gasteiger partial charge >= 0.3 is 0 Å². The van der Waals surface area contributed by atoms with Gasteiger partial charge in [0, 0.05) is 14.8 Å². The summed E-state index contributed by atoms with van der Waals surface area (Å²) >= 11 is 9.41. The third kappa shape index (κ3) is 6.48. The number of hydrogen-bond acceptors (Lipinski definition) is 2. The SMILES string of the molecule is CC.CC.Cc1ccc(Sc2ccc(Cl)cc2)s1. The molecule has 0 saturated heterocycles. The smallest absolute Gasteiger partial charge is 0.0649 e. The third-order valence-electron chi connectivity index (χ3n) is 1.75. The van der Waals surface area contributed by atoms with E-state index in [0.29, 0.717) is 0 Å². The van der Waals surface area contributed by atoms with Crippen molar-refractivity contribution in [3.8, 4) is 0 Å². The highest BCUT2D eigenvalue weighted by Crippen LogP contribution is 2.33. The van der Waals surface area contributed by atoms with E-state index in [-0.39, 0.29) is 0 Å². The molecule has 2 rings (SSSR count). The lowest BCUT2D eigenvalue weighted by molar-refractivity contribution is 1.46. The highest BCUT2D eigenvalue weighted by atomic mass is 35.5. The van der Waals surface area contributed by atoms with E-state index < -0.39 is 0 Å². The molecule has 0 N–H and O–H groups in total. The van der Waals surface area contributed by atoms with Gasteiger partial charge in [0.2, 0.25) is 0 Å². The van der Waals surface area contributed by atoms with Crippen molar-refractivity contribution in [3.05, 3.63) is 46.3 Å². The van der Waals surface area contributed by atoms with Crippen LogP contribution in [0.5, 0.6) is 0 Å². The number of benzene rings is 1. The molecule has 18 heavy (non-hydrogen) atoms. The minimum Gasteiger partial charge on any atom is -0.134 e. The normalized spacial score (nSPS) is 8.78. The lowest BCUT2D eigenvalue weighted by atomic mass is 10.4. The molecule has 100 valence electrons. The highest BCUT2D eigenvalue weighted by molar-refractivity contribution is 8.01. The van der Waals surface area contributed by atoms with Gasteiger partial charge in [-0.3, -0.25) is 0 Å². The Labute approximate surface area is 124 Å². The van der Waals surface area contributed by atoms with Crippen molar-refractivity contribution in [1.82, 2.24) is 0 Å². The molecule has 0 aliphatic rings. The van der Waals surface area contributed by atoms with E-state index >= 15 is 0 Å². The zero-order valence-electron chi connectivity index (χ0n) is 11.7. The Bertz CT molecular complexity index is 418. The van der Waals surface area contributed by atoms with Crippen LogP contribution in [0.2, 0.25) is 5.02 Å². The van der Waals surface area contributed by atoms with Gasteiger partial charge in [0.15, 0.2) is 0 Å². The van der Waals surface area contributed by atoms with Gasteiger partial charge in [-0.2, -0.15) is 0 Å². The number of halogens is 1. The first kappa shape index (κ1) is 17.6. The van der Waals surface area contributed by atoms with E-state index in [1.807, 2.05) is 63.3 Å². The van der Waals surface area contributed by atoms with Crippen LogP contribution in [-0.4, -0.2) is 0 Å². The van der Waals surface area contributed by atoms with Crippen LogP contribution in [0, 0.1) is 6.92 Å². The summed E-state index contributed by atoms with van der Waals surface area (Å²) in [5.74, 6) is 0. The van der Waals surface area contributed by atoms with Gasteiger partial charge in [-0.1, -0.05) is 51.1 Å². The number of aryl methyl sites for hydroxylation is 1. The first-order valence-corrected chi connectivity index (χ1v) is 8.25. The fraction of sp³-hybridized carbons (Fsp3) is 0.333. The van der Waals surface area contributed by atoms with E-state index in [1.54, 1.807) is 11.8 Å². The lowest BCUT2D eigenvalue weighted by Gasteiger charge is -1.97. The Hall–Kier alpha value is -0.440. The molecule has 0 aliphatic heterocycles. The van der Waals surface area contributed by atoms with Crippen LogP contribution in [0.1, 0.15) is 32.6 Å². The van der Waals surface area contributed by atoms with Crippen molar-refractivity contribution in [2.24, 2.45) is 0 Å². The minimum absolute atomic E-state index is 0.789. The molecular formula is C15H21ClS2. The highest BCUT2D eigenvalue weighted by Gasteiger charge is 1.99. The van der Waals surface area contributed by atoms with E-state index in [0.717, 1.165) is 5.02 Å². The summed E-state index contributed by atoms with van der Waals surface area (Å²) in [6, 6.07) is 12.2. The Morgan fingerprint density at radius 2 is 1.44 bits per heavy atom. The number of rotatable bonds is 2. The average Bonchev–Trinajstić information content (AvgIpc) is 2.83. The second kappa shape index (κ2) is 10.5. The van der Waals surface area contributed by atoms with E-state index in [9.17, 15) is 0 Å². The van der Waals surface area contributed by atoms with Gasteiger partial charge in [0.05, 0.1) is 4.21 Å². The Kier molecular flexibility index (Phi) is 10.2. The molecular weight excluding hydrogens is 280 g/mol. The fourth-order valence-corrected chi connectivity index (χ4v) is 3.29. The average molecular weight is 301 g/mol. The third-order valence-corrected chi connectivity index (χ3v) is 4.14. The number of thiophene rings is 1. The molecule has 1 aromatic heterocycles. The van der Waals surface area contributed by atoms with E-state index in [2.05, 4.69) is 19.1 Å². The van der Waals surface area contributed by atoms with Gasteiger partial charge in [0.1, 0.15) is 0 Å². The monoisotopic (exact) mass is 300 g/mol. The van der Waals surface area contributed by atoms with Crippen molar-refractivity contribution in [2.45, 2.75) is 43.7 Å². The molecule has 0 aliphatic carbocycles. The molecule has 0 atom stereocenters. The summed E-state index contributed by atoms with van der Waals surface area (Å²) in [6.07, 6.45) is 0. The van der Waals surface area contributed by atoms with Crippen LogP contribution in [0.15, 0.2) is 45.5 Å². The topological polar surface area (TPSA) is 0 Å². The minimum atomic E-state index is 0.789. The molecule has 0 unspecified atom stereocenters. The second-order valence-corrected chi connectivity index (χ2v) is 6.02. The number of hydrogen-bond donors (Lipinski definition) is 0. The Balaban J connectivity index is 0.000000659. The first-order valence-electron chi connectivity index (χ1n) is 6.24. The summed E-state index contributed by atoms with van der Waals surface area (Å²) in [5.41, 5.74) is 0. The van der Waals surface area contributed by atoms with Crippen molar-refractivity contribution in [1.29, 1.82) is 0 Å². The van der Waals surface area contributed by atoms with Crippen LogP contribution < -0.4 is 0 Å². The van der Waals surface area contributed by atoms with Gasteiger partial charge < -0.3 is 0 Å². The van der Waals surface area contributed by atoms with Crippen LogP contribution in [0.25, 0.3) is 0 Å². The largest absolute Gasteiger partial charge is 0.134 e. The quantitative estimate of drug-likeness (QED) is 0.580. The van der Waals surface area contributed by atoms with Crippen molar-refractivity contribution < 1.29 is 0 Å². The molecule has 0 nitrogen and oxygen atoms in total. The van der Waals surface area contributed by atoms with Crippen molar-refractivity contribution >= 4 is 34.7 Å². The molecule has 0 saturated carbocycles. The Morgan fingerprint density at radius 1 is 0.889 bits per heavy atom. The van der Waals surface area contributed by atoms with Gasteiger partial charge in [-0.25, -0.2) is 0 Å². The van der Waals surface area contributed by atoms with Crippen molar-refractivity contribution in [2.75, 3.05) is 0 Å². The standard InChI is InChI=1S/C11H9ClS2.2C2H6/c1-8-2-7-11(13-8)14-10-5-3-9(12)4-6-10;2*1-2/h2-7H,1H3;2*1-2H3. The van der Waals surface area contributed by atoms with Gasteiger partial charge in [-0.05, 0) is 43.3 Å². The van der Waals surface area contributed by atoms with Crippen LogP contribution in [0.4, 0.5) is 0 Å². The van der Waals surface area contributed by atoms with Gasteiger partial charge in [0.25, 0.3) is 0 Å². The zero-order chi connectivity index (χ0) is 14.0. The summed E-state index contributed by atoms with van der Waals surface area (Å²) in [5, 5.41) is 0.789. The molecule has 1 heterocycles. The molecule has 1 aromatic carbocycles. The Morgan fingerprint density at radius 3 is 1.89 bits per heavy atom. The molecule has 0 radical (unpaired) electrons. The summed E-state index contributed by atoms with van der Waals surface area (Å²) in [6.45, 7) is 10.1. The molecule has 0 spiro atoms. The first-order chi connectivity index (χ1) is 8.74. The molecule has 0 fully saturated rings. The van der Waals surface area contributed by atoms with Crippen molar-refractivity contribution in [3.63, 3.8) is 0 Å². The summed E-state index contributed by atoms with van der Waals surface area (Å²) in [7, 11) is 0. The molecule has 0 amide bonds. The maximum absolute atomic E-state index is 5.81.